The third kappa shape index (κ3) is 6.20. The van der Waals surface area contributed by atoms with Crippen molar-refractivity contribution in [3.63, 3.8) is 0 Å². The van der Waals surface area contributed by atoms with Crippen LogP contribution in [0.1, 0.15) is 38.3 Å². The van der Waals surface area contributed by atoms with Crippen molar-refractivity contribution < 1.29 is 14.0 Å². The average Bonchev–Trinajstić information content (AvgIpc) is 2.61. The predicted octanol–water partition coefficient (Wildman–Crippen LogP) is 2.37. The Labute approximate surface area is 161 Å². The second-order valence-corrected chi connectivity index (χ2v) is 7.69. The summed E-state index contributed by atoms with van der Waals surface area (Å²) in [5.74, 6) is -0.551. The van der Waals surface area contributed by atoms with E-state index in [-0.39, 0.29) is 35.8 Å². The molecule has 0 radical (unpaired) electrons. The molecular weight excluding hydrogens is 347 g/mol. The zero-order valence-corrected chi connectivity index (χ0v) is 16.7. The highest BCUT2D eigenvalue weighted by atomic mass is 19.1. The molecule has 0 aromatic heterocycles. The van der Waals surface area contributed by atoms with E-state index in [0.717, 1.165) is 12.1 Å². The smallest absolute Gasteiger partial charge is 0.318 e. The van der Waals surface area contributed by atoms with Crippen molar-refractivity contribution in [2.24, 2.45) is 5.92 Å². The number of amides is 3. The Kier molecular flexibility index (Phi) is 7.59. The van der Waals surface area contributed by atoms with Gasteiger partial charge in [0, 0.05) is 25.7 Å². The first-order chi connectivity index (χ1) is 12.8. The summed E-state index contributed by atoms with van der Waals surface area (Å²) in [6, 6.07) is 5.91. The first kappa shape index (κ1) is 21.2. The van der Waals surface area contributed by atoms with Gasteiger partial charge in [0.1, 0.15) is 5.82 Å². The number of benzene rings is 1. The van der Waals surface area contributed by atoms with Crippen LogP contribution in [0.2, 0.25) is 0 Å². The minimum absolute atomic E-state index is 0.000613. The van der Waals surface area contributed by atoms with Crippen molar-refractivity contribution in [1.82, 2.24) is 20.4 Å². The highest BCUT2D eigenvalue weighted by Gasteiger charge is 2.35. The Balaban J connectivity index is 2.10. The highest BCUT2D eigenvalue weighted by molar-refractivity contribution is 5.81. The van der Waals surface area contributed by atoms with Crippen LogP contribution in [-0.2, 0) is 4.79 Å². The molecular formula is C20H31FN4O2. The Bertz CT molecular complexity index is 633. The van der Waals surface area contributed by atoms with Crippen LogP contribution in [0.4, 0.5) is 9.18 Å². The number of likely N-dealkylation sites (tertiary alicyclic amines) is 1. The fraction of sp³-hybridized carbons (Fsp3) is 0.600. The van der Waals surface area contributed by atoms with E-state index in [1.807, 2.05) is 32.8 Å². The molecule has 1 aliphatic heterocycles. The molecule has 1 aromatic carbocycles. The molecule has 1 saturated heterocycles. The molecule has 1 heterocycles. The lowest BCUT2D eigenvalue weighted by Crippen LogP contribution is -2.51. The molecule has 1 fully saturated rings. The number of hydrogen-bond acceptors (Lipinski definition) is 3. The standard InChI is InChI=1S/C20H31FN4O2/c1-14(2)23-20(27)25-13-16(19(26)22-11-12-24(3)4)7-10-18(25)15-5-8-17(21)9-6-15/h5-6,8-9,14,16,18H,7,10-13H2,1-4H3,(H,22,26)(H,23,27). The molecule has 2 unspecified atom stereocenters. The third-order valence-electron chi connectivity index (χ3n) is 4.74. The van der Waals surface area contributed by atoms with E-state index >= 15 is 0 Å². The lowest BCUT2D eigenvalue weighted by Gasteiger charge is -2.39. The van der Waals surface area contributed by atoms with Gasteiger partial charge in [0.2, 0.25) is 5.91 Å². The molecule has 7 heteroatoms. The molecule has 2 N–H and O–H groups in total. The number of likely N-dealkylation sites (N-methyl/N-ethyl adjacent to an activating group) is 1. The molecule has 150 valence electrons. The number of nitrogens with zero attached hydrogens (tertiary/aromatic N) is 2. The lowest BCUT2D eigenvalue weighted by atomic mass is 9.88. The summed E-state index contributed by atoms with van der Waals surface area (Å²) < 4.78 is 13.3. The minimum atomic E-state index is -0.300. The third-order valence-corrected chi connectivity index (χ3v) is 4.74. The Morgan fingerprint density at radius 1 is 1.22 bits per heavy atom. The zero-order chi connectivity index (χ0) is 20.0. The van der Waals surface area contributed by atoms with Crippen molar-refractivity contribution in [2.75, 3.05) is 33.7 Å². The fourth-order valence-electron chi connectivity index (χ4n) is 3.32. The Morgan fingerprint density at radius 2 is 1.89 bits per heavy atom. The summed E-state index contributed by atoms with van der Waals surface area (Å²) in [6.07, 6.45) is 1.37. The first-order valence-corrected chi connectivity index (χ1v) is 9.53. The monoisotopic (exact) mass is 378 g/mol. The van der Waals surface area contributed by atoms with Crippen LogP contribution in [0.25, 0.3) is 0 Å². The first-order valence-electron chi connectivity index (χ1n) is 9.53. The summed E-state index contributed by atoms with van der Waals surface area (Å²) in [4.78, 5) is 29.0. The van der Waals surface area contributed by atoms with Crippen LogP contribution < -0.4 is 10.6 Å². The molecule has 3 amide bonds. The quantitative estimate of drug-likeness (QED) is 0.799. The van der Waals surface area contributed by atoms with Gasteiger partial charge in [-0.25, -0.2) is 9.18 Å². The predicted molar refractivity (Wildman–Crippen MR) is 104 cm³/mol. The molecule has 2 atom stereocenters. The van der Waals surface area contributed by atoms with Gasteiger partial charge < -0.3 is 20.4 Å². The van der Waals surface area contributed by atoms with Gasteiger partial charge in [0.15, 0.2) is 0 Å². The van der Waals surface area contributed by atoms with Crippen molar-refractivity contribution in [1.29, 1.82) is 0 Å². The number of nitrogens with one attached hydrogen (secondary N) is 2. The zero-order valence-electron chi connectivity index (χ0n) is 16.7. The van der Waals surface area contributed by atoms with E-state index in [9.17, 15) is 14.0 Å². The number of urea groups is 1. The Hall–Kier alpha value is -2.15. The van der Waals surface area contributed by atoms with Gasteiger partial charge in [-0.05, 0) is 58.5 Å². The average molecular weight is 378 g/mol. The number of carbonyl (C=O) groups is 2. The second kappa shape index (κ2) is 9.69. The normalized spacial score (nSPS) is 20.0. The lowest BCUT2D eigenvalue weighted by molar-refractivity contribution is -0.126. The number of carbonyl (C=O) groups excluding carboxylic acids is 2. The van der Waals surface area contributed by atoms with Gasteiger partial charge >= 0.3 is 6.03 Å². The molecule has 6 nitrogen and oxygen atoms in total. The van der Waals surface area contributed by atoms with Gasteiger partial charge in [-0.3, -0.25) is 4.79 Å². The van der Waals surface area contributed by atoms with Gasteiger partial charge in [0.05, 0.1) is 12.0 Å². The van der Waals surface area contributed by atoms with Gasteiger partial charge in [-0.1, -0.05) is 12.1 Å². The van der Waals surface area contributed by atoms with E-state index in [1.54, 1.807) is 17.0 Å². The van der Waals surface area contributed by atoms with Crippen molar-refractivity contribution in [3.05, 3.63) is 35.6 Å². The molecule has 0 spiro atoms. The van der Waals surface area contributed by atoms with Crippen LogP contribution in [0, 0.1) is 11.7 Å². The maximum atomic E-state index is 13.3. The van der Waals surface area contributed by atoms with E-state index in [1.165, 1.54) is 12.1 Å². The van der Waals surface area contributed by atoms with Crippen LogP contribution in [0.15, 0.2) is 24.3 Å². The molecule has 1 aliphatic rings. The summed E-state index contributed by atoms with van der Waals surface area (Å²) in [7, 11) is 3.91. The van der Waals surface area contributed by atoms with Crippen molar-refractivity contribution in [2.45, 2.75) is 38.8 Å². The SMILES string of the molecule is CC(C)NC(=O)N1CC(C(=O)NCCN(C)C)CCC1c1ccc(F)cc1. The summed E-state index contributed by atoms with van der Waals surface area (Å²) >= 11 is 0. The van der Waals surface area contributed by atoms with E-state index in [4.69, 9.17) is 0 Å². The van der Waals surface area contributed by atoms with Gasteiger partial charge in [-0.15, -0.1) is 0 Å². The maximum Gasteiger partial charge on any atom is 0.318 e. The van der Waals surface area contributed by atoms with Crippen LogP contribution in [-0.4, -0.2) is 61.5 Å². The largest absolute Gasteiger partial charge is 0.355 e. The highest BCUT2D eigenvalue weighted by Crippen LogP contribution is 2.33. The molecule has 0 saturated carbocycles. The molecule has 2 rings (SSSR count). The Morgan fingerprint density at radius 3 is 2.48 bits per heavy atom. The number of piperidine rings is 1. The topological polar surface area (TPSA) is 64.7 Å². The molecule has 0 aliphatic carbocycles. The van der Waals surface area contributed by atoms with Crippen molar-refractivity contribution in [3.8, 4) is 0 Å². The fourth-order valence-corrected chi connectivity index (χ4v) is 3.32. The van der Waals surface area contributed by atoms with Crippen LogP contribution in [0.3, 0.4) is 0 Å². The molecule has 27 heavy (non-hydrogen) atoms. The summed E-state index contributed by atoms with van der Waals surface area (Å²) in [5, 5.41) is 5.87. The van der Waals surface area contributed by atoms with Crippen molar-refractivity contribution >= 4 is 11.9 Å². The van der Waals surface area contributed by atoms with E-state index in [0.29, 0.717) is 25.9 Å². The number of rotatable bonds is 6. The minimum Gasteiger partial charge on any atom is -0.355 e. The van der Waals surface area contributed by atoms with E-state index < -0.39 is 0 Å². The number of hydrogen-bond donors (Lipinski definition) is 2. The second-order valence-electron chi connectivity index (χ2n) is 7.69. The molecule has 0 bridgehead atoms. The number of halogens is 1. The maximum absolute atomic E-state index is 13.3. The van der Waals surface area contributed by atoms with E-state index in [2.05, 4.69) is 10.6 Å². The molecule has 1 aromatic rings. The van der Waals surface area contributed by atoms with Crippen LogP contribution >= 0.6 is 0 Å². The van der Waals surface area contributed by atoms with Crippen LogP contribution in [0.5, 0.6) is 0 Å². The van der Waals surface area contributed by atoms with Gasteiger partial charge in [0.25, 0.3) is 0 Å². The van der Waals surface area contributed by atoms with Gasteiger partial charge in [-0.2, -0.15) is 0 Å². The summed E-state index contributed by atoms with van der Waals surface area (Å²) in [5.41, 5.74) is 0.891. The summed E-state index contributed by atoms with van der Waals surface area (Å²) in [6.45, 7) is 5.52.